The van der Waals surface area contributed by atoms with E-state index < -0.39 is 0 Å². The predicted octanol–water partition coefficient (Wildman–Crippen LogP) is 3.33. The van der Waals surface area contributed by atoms with Gasteiger partial charge in [-0.25, -0.2) is 4.39 Å². The number of benzene rings is 1. The average Bonchev–Trinajstić information content (AvgIpc) is 2.59. The number of ether oxygens (including phenoxy) is 1. The summed E-state index contributed by atoms with van der Waals surface area (Å²) < 4.78 is 19.2. The third-order valence-electron chi connectivity index (χ3n) is 5.46. The van der Waals surface area contributed by atoms with Crippen LogP contribution in [0.4, 0.5) is 4.39 Å². The van der Waals surface area contributed by atoms with Crippen LogP contribution < -0.4 is 0 Å². The Morgan fingerprint density at radius 2 is 2.16 bits per heavy atom. The molecule has 2 fully saturated rings. The maximum Gasteiger partial charge on any atom is 0.222 e. The maximum atomic E-state index is 14.1. The molecule has 0 aromatic heterocycles. The first-order chi connectivity index (χ1) is 12.0. The molecule has 0 radical (unpaired) electrons. The molecular weight excluding hydrogens is 343 g/mol. The van der Waals surface area contributed by atoms with E-state index in [1.165, 1.54) is 6.07 Å². The molecule has 0 N–H and O–H groups in total. The number of likely N-dealkylation sites (tertiary alicyclic amines) is 2. The molecule has 138 valence electrons. The molecule has 1 aromatic carbocycles. The maximum absolute atomic E-state index is 14.1. The quantitative estimate of drug-likeness (QED) is 0.799. The lowest BCUT2D eigenvalue weighted by atomic mass is 9.73. The van der Waals surface area contributed by atoms with Crippen molar-refractivity contribution < 1.29 is 13.9 Å². The van der Waals surface area contributed by atoms with Crippen molar-refractivity contribution in [3.63, 3.8) is 0 Å². The van der Waals surface area contributed by atoms with Gasteiger partial charge in [-0.05, 0) is 37.9 Å². The van der Waals surface area contributed by atoms with E-state index in [9.17, 15) is 9.18 Å². The van der Waals surface area contributed by atoms with Crippen molar-refractivity contribution in [3.05, 3.63) is 34.6 Å². The molecule has 2 heterocycles. The second-order valence-electron chi connectivity index (χ2n) is 7.36. The number of amides is 1. The zero-order valence-electron chi connectivity index (χ0n) is 14.8. The van der Waals surface area contributed by atoms with Crippen LogP contribution in [0.1, 0.15) is 31.2 Å². The first-order valence-corrected chi connectivity index (χ1v) is 9.32. The zero-order valence-corrected chi connectivity index (χ0v) is 15.5. The second-order valence-corrected chi connectivity index (χ2v) is 7.79. The Morgan fingerprint density at radius 1 is 1.32 bits per heavy atom. The minimum Gasteiger partial charge on any atom is -0.383 e. The molecule has 3 rings (SSSR count). The molecule has 0 aliphatic carbocycles. The Hall–Kier alpha value is -1.17. The van der Waals surface area contributed by atoms with Crippen molar-refractivity contribution in [2.45, 2.75) is 32.2 Å². The number of carbonyl (C=O) groups is 1. The van der Waals surface area contributed by atoms with Crippen LogP contribution in [-0.2, 0) is 16.1 Å². The van der Waals surface area contributed by atoms with Gasteiger partial charge >= 0.3 is 0 Å². The highest BCUT2D eigenvalue weighted by Gasteiger charge is 2.41. The standard InChI is InChI=1S/C19H26ClFN2O2/c1-25-10-9-23-14-19(7-5-18(23)24)6-2-8-22(13-19)12-15-3-4-16(20)11-17(15)21/h3-4,11H,2,5-10,12-14H2,1H3. The predicted molar refractivity (Wildman–Crippen MR) is 96.0 cm³/mol. The van der Waals surface area contributed by atoms with Gasteiger partial charge in [-0.1, -0.05) is 17.7 Å². The Balaban J connectivity index is 1.66. The molecule has 25 heavy (non-hydrogen) atoms. The van der Waals surface area contributed by atoms with Crippen molar-refractivity contribution in [3.8, 4) is 0 Å². The summed E-state index contributed by atoms with van der Waals surface area (Å²) in [4.78, 5) is 16.4. The van der Waals surface area contributed by atoms with Gasteiger partial charge in [0.25, 0.3) is 0 Å². The third-order valence-corrected chi connectivity index (χ3v) is 5.70. The first-order valence-electron chi connectivity index (χ1n) is 8.94. The molecule has 6 heteroatoms. The van der Waals surface area contributed by atoms with Crippen LogP contribution in [-0.4, -0.2) is 55.6 Å². The van der Waals surface area contributed by atoms with Crippen LogP contribution in [0.3, 0.4) is 0 Å². The monoisotopic (exact) mass is 368 g/mol. The van der Waals surface area contributed by atoms with Crippen LogP contribution in [0.25, 0.3) is 0 Å². The number of halogens is 2. The van der Waals surface area contributed by atoms with E-state index in [0.717, 1.165) is 38.9 Å². The summed E-state index contributed by atoms with van der Waals surface area (Å²) in [6.45, 7) is 4.48. The van der Waals surface area contributed by atoms with Gasteiger partial charge in [0.2, 0.25) is 5.91 Å². The summed E-state index contributed by atoms with van der Waals surface area (Å²) in [6, 6.07) is 4.89. The van der Waals surface area contributed by atoms with Crippen molar-refractivity contribution >= 4 is 17.5 Å². The molecule has 2 aliphatic rings. The van der Waals surface area contributed by atoms with Gasteiger partial charge in [-0.3, -0.25) is 9.69 Å². The van der Waals surface area contributed by atoms with Crippen LogP contribution >= 0.6 is 11.6 Å². The van der Waals surface area contributed by atoms with E-state index in [1.54, 1.807) is 19.2 Å². The van der Waals surface area contributed by atoms with Crippen molar-refractivity contribution in [2.24, 2.45) is 5.41 Å². The number of nitrogens with zero attached hydrogens (tertiary/aromatic N) is 2. The first kappa shape index (κ1) is 18.6. The fourth-order valence-corrected chi connectivity index (χ4v) is 4.34. The lowest BCUT2D eigenvalue weighted by molar-refractivity contribution is -0.140. The number of hydrogen-bond acceptors (Lipinski definition) is 3. The van der Waals surface area contributed by atoms with Gasteiger partial charge in [-0.2, -0.15) is 0 Å². The summed E-state index contributed by atoms with van der Waals surface area (Å²) in [5, 5.41) is 0.427. The number of piperidine rings is 2. The van der Waals surface area contributed by atoms with Gasteiger partial charge in [0, 0.05) is 55.7 Å². The highest BCUT2D eigenvalue weighted by molar-refractivity contribution is 6.30. The van der Waals surface area contributed by atoms with Crippen molar-refractivity contribution in [1.29, 1.82) is 0 Å². The molecule has 1 amide bonds. The number of hydrogen-bond donors (Lipinski definition) is 0. The van der Waals surface area contributed by atoms with Crippen LogP contribution in [0, 0.1) is 11.2 Å². The largest absolute Gasteiger partial charge is 0.383 e. The topological polar surface area (TPSA) is 32.8 Å². The van der Waals surface area contributed by atoms with E-state index in [1.807, 2.05) is 4.90 Å². The van der Waals surface area contributed by atoms with Crippen LogP contribution in [0.15, 0.2) is 18.2 Å². The molecule has 2 aliphatic heterocycles. The summed E-state index contributed by atoms with van der Waals surface area (Å²) in [5.74, 6) is -0.0174. The highest BCUT2D eigenvalue weighted by Crippen LogP contribution is 2.39. The molecule has 1 unspecified atom stereocenters. The lowest BCUT2D eigenvalue weighted by Gasteiger charge is -2.48. The van der Waals surface area contributed by atoms with Gasteiger partial charge < -0.3 is 9.64 Å². The molecule has 0 bridgehead atoms. The van der Waals surface area contributed by atoms with E-state index in [4.69, 9.17) is 16.3 Å². The summed E-state index contributed by atoms with van der Waals surface area (Å²) in [5.41, 5.74) is 0.813. The molecule has 1 spiro atoms. The number of rotatable bonds is 5. The van der Waals surface area contributed by atoms with Crippen molar-refractivity contribution in [2.75, 3.05) is 39.9 Å². The van der Waals surface area contributed by atoms with Crippen LogP contribution in [0.2, 0.25) is 5.02 Å². The number of carbonyl (C=O) groups excluding carboxylic acids is 1. The number of methoxy groups -OCH3 is 1. The summed E-state index contributed by atoms with van der Waals surface area (Å²) in [7, 11) is 1.66. The Morgan fingerprint density at radius 3 is 2.92 bits per heavy atom. The summed E-state index contributed by atoms with van der Waals surface area (Å²) in [6.07, 6.45) is 3.74. The molecule has 4 nitrogen and oxygen atoms in total. The molecule has 2 saturated heterocycles. The third kappa shape index (κ3) is 4.52. The van der Waals surface area contributed by atoms with Gasteiger partial charge in [0.05, 0.1) is 6.61 Å². The highest BCUT2D eigenvalue weighted by atomic mass is 35.5. The van der Waals surface area contributed by atoms with E-state index >= 15 is 0 Å². The zero-order chi connectivity index (χ0) is 17.9. The lowest BCUT2D eigenvalue weighted by Crippen LogP contribution is -2.54. The van der Waals surface area contributed by atoms with Crippen molar-refractivity contribution in [1.82, 2.24) is 9.80 Å². The summed E-state index contributed by atoms with van der Waals surface area (Å²) >= 11 is 5.85. The smallest absolute Gasteiger partial charge is 0.222 e. The van der Waals surface area contributed by atoms with E-state index in [-0.39, 0.29) is 17.1 Å². The molecule has 1 aromatic rings. The Kier molecular flexibility index (Phi) is 5.97. The Bertz CT molecular complexity index is 627. The second kappa shape index (κ2) is 8.02. The van der Waals surface area contributed by atoms with Crippen LogP contribution in [0.5, 0.6) is 0 Å². The average molecular weight is 369 g/mol. The fraction of sp³-hybridized carbons (Fsp3) is 0.632. The SMILES string of the molecule is COCCN1CC2(CCCN(Cc3ccc(Cl)cc3F)C2)CCC1=O. The van der Waals surface area contributed by atoms with Gasteiger partial charge in [-0.15, -0.1) is 0 Å². The normalized spacial score (nSPS) is 24.9. The van der Waals surface area contributed by atoms with E-state index in [0.29, 0.717) is 36.7 Å². The van der Waals surface area contributed by atoms with Gasteiger partial charge in [0.1, 0.15) is 5.82 Å². The van der Waals surface area contributed by atoms with Gasteiger partial charge in [0.15, 0.2) is 0 Å². The fourth-order valence-electron chi connectivity index (χ4n) is 4.18. The minimum atomic E-state index is -0.243. The molecule has 0 saturated carbocycles. The molecular formula is C19H26ClFN2O2. The minimum absolute atomic E-state index is 0.128. The van der Waals surface area contributed by atoms with E-state index in [2.05, 4.69) is 4.90 Å². The Labute approximate surface area is 153 Å². The molecule has 1 atom stereocenters.